The second-order valence-electron chi connectivity index (χ2n) is 7.59. The summed E-state index contributed by atoms with van der Waals surface area (Å²) in [5.74, 6) is -0.384. The molecule has 0 spiro atoms. The molecule has 0 fully saturated rings. The quantitative estimate of drug-likeness (QED) is 0.500. The van der Waals surface area contributed by atoms with E-state index in [4.69, 9.17) is 0 Å². The van der Waals surface area contributed by atoms with Gasteiger partial charge in [-0.1, -0.05) is 48.5 Å². The van der Waals surface area contributed by atoms with E-state index in [1.54, 1.807) is 41.3 Å². The number of likely N-dealkylation sites (N-methyl/N-ethyl adjacent to an activating group) is 1. The van der Waals surface area contributed by atoms with Gasteiger partial charge in [-0.05, 0) is 25.7 Å². The van der Waals surface area contributed by atoms with Crippen molar-refractivity contribution in [3.63, 3.8) is 0 Å². The number of nitrogens with zero attached hydrogens (tertiary/aromatic N) is 5. The van der Waals surface area contributed by atoms with Crippen LogP contribution in [-0.2, 0) is 13.1 Å². The van der Waals surface area contributed by atoms with Crippen molar-refractivity contribution in [2.75, 3.05) is 26.0 Å². The van der Waals surface area contributed by atoms with E-state index in [9.17, 15) is 9.59 Å². The van der Waals surface area contributed by atoms with E-state index in [0.717, 1.165) is 12.1 Å². The monoisotopic (exact) mass is 416 g/mol. The van der Waals surface area contributed by atoms with Crippen molar-refractivity contribution in [3.05, 3.63) is 88.6 Å². The lowest BCUT2D eigenvalue weighted by molar-refractivity contribution is 0.102. The minimum atomic E-state index is -0.384. The van der Waals surface area contributed by atoms with E-state index in [1.165, 1.54) is 4.68 Å². The van der Waals surface area contributed by atoms with Gasteiger partial charge >= 0.3 is 0 Å². The molecular weight excluding hydrogens is 392 g/mol. The third-order valence-corrected chi connectivity index (χ3v) is 4.93. The number of hydrogen-bond donors (Lipinski definition) is 1. The summed E-state index contributed by atoms with van der Waals surface area (Å²) >= 11 is 0. The molecule has 0 unspecified atom stereocenters. The molecule has 0 aliphatic carbocycles. The van der Waals surface area contributed by atoms with Gasteiger partial charge in [0.1, 0.15) is 0 Å². The number of nitrogens with one attached hydrogen (secondary N) is 1. The van der Waals surface area contributed by atoms with Crippen LogP contribution < -0.4 is 10.9 Å². The number of carbonyl (C=O) groups is 1. The van der Waals surface area contributed by atoms with Crippen molar-refractivity contribution in [3.8, 4) is 0 Å². The summed E-state index contributed by atoms with van der Waals surface area (Å²) in [6.07, 6.45) is 3.39. The van der Waals surface area contributed by atoms with Gasteiger partial charge in [-0.15, -0.1) is 0 Å². The fourth-order valence-electron chi connectivity index (χ4n) is 3.31. The highest BCUT2D eigenvalue weighted by atomic mass is 16.2. The molecule has 0 atom stereocenters. The topological polar surface area (TPSA) is 85.0 Å². The first kappa shape index (κ1) is 20.5. The molecule has 2 aromatic carbocycles. The van der Waals surface area contributed by atoms with Crippen LogP contribution >= 0.6 is 0 Å². The molecule has 0 aliphatic heterocycles. The van der Waals surface area contributed by atoms with Crippen molar-refractivity contribution in [1.29, 1.82) is 0 Å². The third-order valence-electron chi connectivity index (χ3n) is 4.93. The molecule has 8 heteroatoms. The van der Waals surface area contributed by atoms with Gasteiger partial charge in [-0.2, -0.15) is 10.2 Å². The Morgan fingerprint density at radius 1 is 1.03 bits per heavy atom. The molecule has 2 aromatic heterocycles. The van der Waals surface area contributed by atoms with Crippen LogP contribution in [0.3, 0.4) is 0 Å². The minimum absolute atomic E-state index is 0.201. The largest absolute Gasteiger partial charge is 0.318 e. The number of aromatic nitrogens is 4. The maximum atomic E-state index is 13.1. The standard InChI is InChI=1S/C23H24N6O2/c1-27(2)12-13-28-16-18(14-24-28)25-22(30)21-19-10-6-7-11-20(19)23(31)29(26-21)15-17-8-4-3-5-9-17/h3-11,14,16H,12-13,15H2,1-2H3,(H,25,30). The normalized spacial score (nSPS) is 11.2. The first-order chi connectivity index (χ1) is 15.0. The van der Waals surface area contributed by atoms with Crippen LogP contribution in [0.5, 0.6) is 0 Å². The maximum Gasteiger partial charge on any atom is 0.276 e. The van der Waals surface area contributed by atoms with Gasteiger partial charge in [0.2, 0.25) is 0 Å². The van der Waals surface area contributed by atoms with Gasteiger partial charge < -0.3 is 10.2 Å². The first-order valence-electron chi connectivity index (χ1n) is 10.0. The SMILES string of the molecule is CN(C)CCn1cc(NC(=O)c2nn(Cc3ccccc3)c(=O)c3ccccc23)cn1. The Hall–Kier alpha value is -3.78. The third kappa shape index (κ3) is 4.70. The van der Waals surface area contributed by atoms with Crippen molar-refractivity contribution < 1.29 is 4.79 Å². The summed E-state index contributed by atoms with van der Waals surface area (Å²) in [7, 11) is 3.99. The average Bonchev–Trinajstić information content (AvgIpc) is 3.22. The Morgan fingerprint density at radius 3 is 2.48 bits per heavy atom. The highest BCUT2D eigenvalue weighted by molar-refractivity contribution is 6.11. The lowest BCUT2D eigenvalue weighted by Gasteiger charge is -2.11. The Balaban J connectivity index is 1.65. The molecule has 4 aromatic rings. The number of anilines is 1. The van der Waals surface area contributed by atoms with E-state index in [0.29, 0.717) is 23.0 Å². The van der Waals surface area contributed by atoms with Gasteiger partial charge in [0.15, 0.2) is 5.69 Å². The highest BCUT2D eigenvalue weighted by Gasteiger charge is 2.17. The highest BCUT2D eigenvalue weighted by Crippen LogP contribution is 2.16. The first-order valence-corrected chi connectivity index (χ1v) is 10.0. The summed E-state index contributed by atoms with van der Waals surface area (Å²) in [5, 5.41) is 12.5. The van der Waals surface area contributed by atoms with Crippen LogP contribution in [0.4, 0.5) is 5.69 Å². The second kappa shape index (κ2) is 8.93. The van der Waals surface area contributed by atoms with Crippen LogP contribution in [0.15, 0.2) is 71.8 Å². The van der Waals surface area contributed by atoms with Gasteiger partial charge in [-0.3, -0.25) is 14.3 Å². The van der Waals surface area contributed by atoms with Crippen molar-refractivity contribution in [2.24, 2.45) is 0 Å². The molecule has 0 saturated carbocycles. The number of carbonyl (C=O) groups excluding carboxylic acids is 1. The predicted octanol–water partition coefficient (Wildman–Crippen LogP) is 2.46. The summed E-state index contributed by atoms with van der Waals surface area (Å²) in [5.41, 5.74) is 1.48. The molecule has 0 bridgehead atoms. The number of amides is 1. The van der Waals surface area contributed by atoms with Crippen molar-refractivity contribution >= 4 is 22.4 Å². The van der Waals surface area contributed by atoms with E-state index >= 15 is 0 Å². The van der Waals surface area contributed by atoms with Crippen LogP contribution in [0, 0.1) is 0 Å². The summed E-state index contributed by atoms with van der Waals surface area (Å²) < 4.78 is 3.12. The van der Waals surface area contributed by atoms with Crippen LogP contribution in [0.2, 0.25) is 0 Å². The molecule has 8 nitrogen and oxygen atoms in total. The number of benzene rings is 2. The molecule has 1 amide bonds. The zero-order chi connectivity index (χ0) is 21.8. The smallest absolute Gasteiger partial charge is 0.276 e. The molecule has 4 rings (SSSR count). The Labute approximate surface area is 179 Å². The maximum absolute atomic E-state index is 13.1. The molecule has 0 radical (unpaired) electrons. The van der Waals surface area contributed by atoms with Gasteiger partial charge in [0.05, 0.1) is 30.4 Å². The molecule has 158 valence electrons. The average molecular weight is 416 g/mol. The minimum Gasteiger partial charge on any atom is -0.318 e. The molecule has 0 saturated heterocycles. The summed E-state index contributed by atoms with van der Waals surface area (Å²) in [4.78, 5) is 28.1. The molecule has 31 heavy (non-hydrogen) atoms. The van der Waals surface area contributed by atoms with E-state index in [1.807, 2.05) is 44.4 Å². The lowest BCUT2D eigenvalue weighted by Crippen LogP contribution is -2.28. The number of rotatable bonds is 7. The number of hydrogen-bond acceptors (Lipinski definition) is 5. The van der Waals surface area contributed by atoms with Crippen LogP contribution in [0.1, 0.15) is 16.1 Å². The molecular formula is C23H24N6O2. The number of fused-ring (bicyclic) bond motifs is 1. The second-order valence-corrected chi connectivity index (χ2v) is 7.59. The Morgan fingerprint density at radius 2 is 1.74 bits per heavy atom. The Bertz CT molecular complexity index is 1260. The van der Waals surface area contributed by atoms with Gasteiger partial charge in [-0.25, -0.2) is 4.68 Å². The van der Waals surface area contributed by atoms with Crippen molar-refractivity contribution in [2.45, 2.75) is 13.1 Å². The van der Waals surface area contributed by atoms with Crippen molar-refractivity contribution in [1.82, 2.24) is 24.5 Å². The fourth-order valence-corrected chi connectivity index (χ4v) is 3.31. The van der Waals surface area contributed by atoms with Crippen LogP contribution in [-0.4, -0.2) is 51.0 Å². The zero-order valence-electron chi connectivity index (χ0n) is 17.5. The summed E-state index contributed by atoms with van der Waals surface area (Å²) in [6.45, 7) is 1.84. The van der Waals surface area contributed by atoms with Gasteiger partial charge in [0, 0.05) is 18.1 Å². The van der Waals surface area contributed by atoms with E-state index in [2.05, 4.69) is 20.4 Å². The molecule has 0 aliphatic rings. The summed E-state index contributed by atoms with van der Waals surface area (Å²) in [6, 6.07) is 16.6. The van der Waals surface area contributed by atoms with E-state index in [-0.39, 0.29) is 23.7 Å². The predicted molar refractivity (Wildman–Crippen MR) is 120 cm³/mol. The van der Waals surface area contributed by atoms with Crippen LogP contribution in [0.25, 0.3) is 10.8 Å². The van der Waals surface area contributed by atoms with E-state index < -0.39 is 0 Å². The molecule has 2 heterocycles. The fraction of sp³-hybridized carbons (Fsp3) is 0.217. The Kier molecular flexibility index (Phi) is 5.90. The lowest BCUT2D eigenvalue weighted by atomic mass is 10.1. The zero-order valence-corrected chi connectivity index (χ0v) is 17.5. The molecule has 1 N–H and O–H groups in total. The van der Waals surface area contributed by atoms with Gasteiger partial charge in [0.25, 0.3) is 11.5 Å².